The van der Waals surface area contributed by atoms with Crippen LogP contribution in [-0.4, -0.2) is 29.3 Å². The van der Waals surface area contributed by atoms with Crippen molar-refractivity contribution in [3.05, 3.63) is 0 Å². The molecule has 2 atom stereocenters. The average Bonchev–Trinajstić information content (AvgIpc) is 2.15. The standard InChI is InChI=1S/C12H20ClNO/c1-14(12(15)9-5-4-6-9)11-8-3-2-7-10(11)13/h9-11H,2-8H2,1H3. The van der Waals surface area contributed by atoms with Gasteiger partial charge in [-0.15, -0.1) is 11.6 Å². The van der Waals surface area contributed by atoms with Crippen molar-refractivity contribution >= 4 is 17.5 Å². The van der Waals surface area contributed by atoms with Crippen LogP contribution in [0.25, 0.3) is 0 Å². The molecule has 0 N–H and O–H groups in total. The fourth-order valence-corrected chi connectivity index (χ4v) is 3.06. The molecule has 2 rings (SSSR count). The van der Waals surface area contributed by atoms with Crippen molar-refractivity contribution in [2.45, 2.75) is 56.4 Å². The van der Waals surface area contributed by atoms with Gasteiger partial charge in [0.15, 0.2) is 0 Å². The summed E-state index contributed by atoms with van der Waals surface area (Å²) in [6, 6.07) is 0.286. The van der Waals surface area contributed by atoms with Crippen LogP contribution >= 0.6 is 11.6 Å². The van der Waals surface area contributed by atoms with Gasteiger partial charge < -0.3 is 4.90 Å². The second-order valence-electron chi connectivity index (χ2n) is 4.94. The summed E-state index contributed by atoms with van der Waals surface area (Å²) in [4.78, 5) is 14.0. The first kappa shape index (κ1) is 11.3. The molecule has 0 heterocycles. The molecule has 2 nitrogen and oxygen atoms in total. The second-order valence-corrected chi connectivity index (χ2v) is 5.51. The van der Waals surface area contributed by atoms with E-state index in [2.05, 4.69) is 0 Å². The molecule has 1 amide bonds. The normalized spacial score (nSPS) is 32.1. The van der Waals surface area contributed by atoms with E-state index < -0.39 is 0 Å². The molecule has 3 heteroatoms. The third kappa shape index (κ3) is 2.30. The molecule has 2 aliphatic carbocycles. The predicted molar refractivity (Wildman–Crippen MR) is 62.0 cm³/mol. The van der Waals surface area contributed by atoms with E-state index in [-0.39, 0.29) is 11.4 Å². The monoisotopic (exact) mass is 229 g/mol. The number of carbonyl (C=O) groups is 1. The smallest absolute Gasteiger partial charge is 0.225 e. The third-order valence-corrected chi connectivity index (χ3v) is 4.46. The Kier molecular flexibility index (Phi) is 3.55. The van der Waals surface area contributed by atoms with E-state index in [9.17, 15) is 4.79 Å². The third-order valence-electron chi connectivity index (χ3n) is 3.95. The van der Waals surface area contributed by atoms with Crippen LogP contribution in [0, 0.1) is 5.92 Å². The van der Waals surface area contributed by atoms with Gasteiger partial charge in [0.25, 0.3) is 0 Å². The lowest BCUT2D eigenvalue weighted by molar-refractivity contribution is -0.139. The molecule has 0 aromatic heterocycles. The lowest BCUT2D eigenvalue weighted by atomic mass is 9.83. The number of amides is 1. The number of rotatable bonds is 2. The highest BCUT2D eigenvalue weighted by Gasteiger charge is 2.34. The number of hydrogen-bond acceptors (Lipinski definition) is 1. The van der Waals surface area contributed by atoms with Gasteiger partial charge in [0, 0.05) is 19.0 Å². The van der Waals surface area contributed by atoms with E-state index in [1.807, 2.05) is 11.9 Å². The van der Waals surface area contributed by atoms with Crippen LogP contribution in [0.15, 0.2) is 0 Å². The molecule has 0 aliphatic heterocycles. The Hall–Kier alpha value is -0.240. The molecule has 2 unspecified atom stereocenters. The molecule has 2 saturated carbocycles. The van der Waals surface area contributed by atoms with E-state index in [0.29, 0.717) is 11.8 Å². The van der Waals surface area contributed by atoms with E-state index >= 15 is 0 Å². The van der Waals surface area contributed by atoms with Gasteiger partial charge >= 0.3 is 0 Å². The largest absolute Gasteiger partial charge is 0.341 e. The number of halogens is 1. The first-order valence-electron chi connectivity index (χ1n) is 6.11. The van der Waals surface area contributed by atoms with Crippen molar-refractivity contribution in [3.63, 3.8) is 0 Å². The molecule has 0 saturated heterocycles. The first-order chi connectivity index (χ1) is 7.20. The van der Waals surface area contributed by atoms with Crippen LogP contribution in [-0.2, 0) is 4.79 Å². The maximum Gasteiger partial charge on any atom is 0.225 e. The fourth-order valence-electron chi connectivity index (χ4n) is 2.61. The van der Waals surface area contributed by atoms with Crippen LogP contribution in [0.2, 0.25) is 0 Å². The van der Waals surface area contributed by atoms with Gasteiger partial charge in [-0.05, 0) is 25.7 Å². The maximum absolute atomic E-state index is 12.0. The van der Waals surface area contributed by atoms with Crippen LogP contribution in [0.5, 0.6) is 0 Å². The zero-order valence-corrected chi connectivity index (χ0v) is 10.2. The molecule has 2 aliphatic rings. The van der Waals surface area contributed by atoms with Crippen molar-refractivity contribution in [3.8, 4) is 0 Å². The highest BCUT2D eigenvalue weighted by molar-refractivity contribution is 6.21. The summed E-state index contributed by atoms with van der Waals surface area (Å²) in [7, 11) is 1.94. The number of nitrogens with zero attached hydrogens (tertiary/aromatic N) is 1. The van der Waals surface area contributed by atoms with Crippen molar-refractivity contribution in [1.29, 1.82) is 0 Å². The molecule has 0 spiro atoms. The highest BCUT2D eigenvalue weighted by Crippen LogP contribution is 2.32. The van der Waals surface area contributed by atoms with Gasteiger partial charge in [-0.3, -0.25) is 4.79 Å². The summed E-state index contributed by atoms with van der Waals surface area (Å²) < 4.78 is 0. The Morgan fingerprint density at radius 1 is 1.13 bits per heavy atom. The summed E-state index contributed by atoms with van der Waals surface area (Å²) in [5, 5.41) is 0.174. The Labute approximate surface area is 97.0 Å². The molecule has 86 valence electrons. The molecule has 2 fully saturated rings. The summed E-state index contributed by atoms with van der Waals surface area (Å²) in [6.07, 6.45) is 7.98. The maximum atomic E-state index is 12.0. The summed E-state index contributed by atoms with van der Waals surface area (Å²) in [5.41, 5.74) is 0. The van der Waals surface area contributed by atoms with Crippen LogP contribution in [0.1, 0.15) is 44.9 Å². The van der Waals surface area contributed by atoms with Crippen molar-refractivity contribution in [2.75, 3.05) is 7.05 Å². The Bertz CT molecular complexity index is 240. The minimum atomic E-state index is 0.174. The summed E-state index contributed by atoms with van der Waals surface area (Å²) >= 11 is 6.29. The average molecular weight is 230 g/mol. The van der Waals surface area contributed by atoms with E-state index in [0.717, 1.165) is 25.7 Å². The molecule has 0 aromatic rings. The fraction of sp³-hybridized carbons (Fsp3) is 0.917. The van der Waals surface area contributed by atoms with E-state index in [4.69, 9.17) is 11.6 Å². The Morgan fingerprint density at radius 3 is 2.33 bits per heavy atom. The van der Waals surface area contributed by atoms with Gasteiger partial charge in [-0.25, -0.2) is 0 Å². The van der Waals surface area contributed by atoms with Crippen LogP contribution in [0.4, 0.5) is 0 Å². The zero-order valence-electron chi connectivity index (χ0n) is 9.42. The molecule has 15 heavy (non-hydrogen) atoms. The van der Waals surface area contributed by atoms with Gasteiger partial charge in [-0.2, -0.15) is 0 Å². The number of alkyl halides is 1. The van der Waals surface area contributed by atoms with Crippen molar-refractivity contribution in [2.24, 2.45) is 5.92 Å². The number of hydrogen-bond donors (Lipinski definition) is 0. The van der Waals surface area contributed by atoms with E-state index in [1.54, 1.807) is 0 Å². The van der Waals surface area contributed by atoms with Crippen molar-refractivity contribution < 1.29 is 4.79 Å². The van der Waals surface area contributed by atoms with Gasteiger partial charge in [-0.1, -0.05) is 19.3 Å². The lowest BCUT2D eigenvalue weighted by Gasteiger charge is -2.38. The molecular weight excluding hydrogens is 210 g/mol. The van der Waals surface area contributed by atoms with Crippen LogP contribution in [0.3, 0.4) is 0 Å². The second kappa shape index (κ2) is 4.73. The quantitative estimate of drug-likeness (QED) is 0.667. The Balaban J connectivity index is 1.92. The predicted octanol–water partition coefficient (Wildman–Crippen LogP) is 2.79. The molecule has 0 bridgehead atoms. The van der Waals surface area contributed by atoms with Gasteiger partial charge in [0.1, 0.15) is 0 Å². The Morgan fingerprint density at radius 2 is 1.80 bits per heavy atom. The summed E-state index contributed by atoms with van der Waals surface area (Å²) in [6.45, 7) is 0. The molecule has 0 radical (unpaired) electrons. The van der Waals surface area contributed by atoms with E-state index in [1.165, 1.54) is 19.3 Å². The topological polar surface area (TPSA) is 20.3 Å². The van der Waals surface area contributed by atoms with Crippen LogP contribution < -0.4 is 0 Å². The van der Waals surface area contributed by atoms with Crippen molar-refractivity contribution in [1.82, 2.24) is 4.90 Å². The zero-order chi connectivity index (χ0) is 10.8. The highest BCUT2D eigenvalue weighted by atomic mass is 35.5. The number of carbonyl (C=O) groups excluding carboxylic acids is 1. The lowest BCUT2D eigenvalue weighted by Crippen LogP contribution is -2.47. The minimum absolute atomic E-state index is 0.174. The minimum Gasteiger partial charge on any atom is -0.341 e. The SMILES string of the molecule is CN(C(=O)C1CCC1)C1CCCCC1Cl. The van der Waals surface area contributed by atoms with Gasteiger partial charge in [0.2, 0.25) is 5.91 Å². The molecular formula is C12H20ClNO. The first-order valence-corrected chi connectivity index (χ1v) is 6.54. The van der Waals surface area contributed by atoms with Gasteiger partial charge in [0.05, 0.1) is 5.38 Å². The summed E-state index contributed by atoms with van der Waals surface area (Å²) in [5.74, 6) is 0.639. The molecule has 0 aromatic carbocycles.